The quantitative estimate of drug-likeness (QED) is 0.684. The second kappa shape index (κ2) is 6.45. The molecule has 0 atom stereocenters. The topological polar surface area (TPSA) is 0 Å². The van der Waals surface area contributed by atoms with Crippen molar-refractivity contribution in [2.24, 2.45) is 0 Å². The first-order chi connectivity index (χ1) is 9.20. The normalized spacial score (nSPS) is 11.5. The fourth-order valence-corrected chi connectivity index (χ4v) is 3.17. The molecule has 19 heavy (non-hydrogen) atoms. The summed E-state index contributed by atoms with van der Waals surface area (Å²) in [5.74, 6) is 1.04. The molecule has 0 unspecified atom stereocenters. The van der Waals surface area contributed by atoms with Gasteiger partial charge in [0.1, 0.15) is 0 Å². The Morgan fingerprint density at radius 2 is 1.58 bits per heavy atom. The third-order valence-electron chi connectivity index (χ3n) is 3.52. The van der Waals surface area contributed by atoms with E-state index < -0.39 is 0 Å². The Kier molecular flexibility index (Phi) is 4.90. The van der Waals surface area contributed by atoms with Crippen LogP contribution in [0.3, 0.4) is 0 Å². The number of benzene rings is 2. The van der Waals surface area contributed by atoms with Crippen molar-refractivity contribution in [3.05, 3.63) is 71.3 Å². The monoisotopic (exact) mass is 292 g/mol. The smallest absolute Gasteiger partial charge is 0.0335 e. The molecule has 2 aromatic carbocycles. The van der Waals surface area contributed by atoms with Gasteiger partial charge < -0.3 is 0 Å². The second-order valence-electron chi connectivity index (χ2n) is 5.08. The lowest BCUT2D eigenvalue weighted by atomic mass is 9.78. The van der Waals surface area contributed by atoms with Crippen molar-refractivity contribution in [3.63, 3.8) is 0 Å². The van der Waals surface area contributed by atoms with Gasteiger partial charge in [-0.25, -0.2) is 0 Å². The summed E-state index contributed by atoms with van der Waals surface area (Å²) in [6.07, 6.45) is 0.867. The van der Waals surface area contributed by atoms with Crippen LogP contribution in [0.25, 0.3) is 0 Å². The average molecular weight is 293 g/mol. The minimum absolute atomic E-state index is 0.196. The van der Waals surface area contributed by atoms with Gasteiger partial charge in [-0.05, 0) is 24.5 Å². The molecule has 0 aromatic heterocycles. The largest absolute Gasteiger partial charge is 0.126 e. The van der Waals surface area contributed by atoms with Crippen molar-refractivity contribution in [2.45, 2.75) is 18.8 Å². The van der Waals surface area contributed by atoms with Crippen LogP contribution in [0.2, 0.25) is 0 Å². The Balaban J connectivity index is 2.35. The van der Waals surface area contributed by atoms with E-state index in [4.69, 9.17) is 23.2 Å². The van der Waals surface area contributed by atoms with Crippen LogP contribution in [0.15, 0.2) is 54.6 Å². The van der Waals surface area contributed by atoms with Crippen LogP contribution in [0.5, 0.6) is 0 Å². The van der Waals surface area contributed by atoms with E-state index in [0.717, 1.165) is 6.42 Å². The third-order valence-corrected chi connectivity index (χ3v) is 4.55. The molecule has 0 N–H and O–H groups in total. The van der Waals surface area contributed by atoms with Crippen molar-refractivity contribution in [3.8, 4) is 0 Å². The van der Waals surface area contributed by atoms with Gasteiger partial charge in [0, 0.05) is 17.2 Å². The van der Waals surface area contributed by atoms with E-state index in [1.807, 2.05) is 18.2 Å². The summed E-state index contributed by atoms with van der Waals surface area (Å²) in [6.45, 7) is 2.11. The average Bonchev–Trinajstić information content (AvgIpc) is 2.46. The zero-order valence-electron chi connectivity index (χ0n) is 11.1. The highest BCUT2D eigenvalue weighted by atomic mass is 35.5. The summed E-state index contributed by atoms with van der Waals surface area (Å²) in [5.41, 5.74) is 3.56. The number of rotatable bonds is 5. The Hall–Kier alpha value is -0.980. The number of halogens is 2. The lowest BCUT2D eigenvalue weighted by Crippen LogP contribution is -2.33. The molecule has 100 valence electrons. The van der Waals surface area contributed by atoms with Crippen LogP contribution < -0.4 is 0 Å². The molecular formula is C17H18Cl2. The molecule has 2 aromatic rings. The highest BCUT2D eigenvalue weighted by Gasteiger charge is 2.30. The molecule has 0 fully saturated rings. The van der Waals surface area contributed by atoms with E-state index in [1.54, 1.807) is 0 Å². The number of hydrogen-bond donors (Lipinski definition) is 0. The Bertz CT molecular complexity index is 516. The van der Waals surface area contributed by atoms with Gasteiger partial charge in [0.05, 0.1) is 0 Å². The minimum Gasteiger partial charge on any atom is -0.126 e. The molecule has 0 aliphatic heterocycles. The maximum atomic E-state index is 6.26. The van der Waals surface area contributed by atoms with Crippen LogP contribution in [-0.2, 0) is 11.8 Å². The zero-order chi connectivity index (χ0) is 13.7. The van der Waals surface area contributed by atoms with Crippen molar-refractivity contribution in [2.75, 3.05) is 11.8 Å². The predicted molar refractivity (Wildman–Crippen MR) is 84.4 cm³/mol. The molecule has 0 radical (unpaired) electrons. The van der Waals surface area contributed by atoms with Crippen LogP contribution in [0.4, 0.5) is 0 Å². The van der Waals surface area contributed by atoms with Gasteiger partial charge in [-0.3, -0.25) is 0 Å². The molecule has 0 bridgehead atoms. The van der Waals surface area contributed by atoms with Gasteiger partial charge in [0.15, 0.2) is 0 Å². The van der Waals surface area contributed by atoms with E-state index in [1.165, 1.54) is 16.7 Å². The summed E-state index contributed by atoms with van der Waals surface area (Å²) >= 11 is 12.5. The summed E-state index contributed by atoms with van der Waals surface area (Å²) in [6, 6.07) is 18.9. The fourth-order valence-electron chi connectivity index (χ4n) is 2.39. The van der Waals surface area contributed by atoms with Gasteiger partial charge in [-0.15, -0.1) is 23.2 Å². The van der Waals surface area contributed by atoms with Gasteiger partial charge in [-0.2, -0.15) is 0 Å². The summed E-state index contributed by atoms with van der Waals surface area (Å²) < 4.78 is 0. The van der Waals surface area contributed by atoms with Gasteiger partial charge in [0.2, 0.25) is 0 Å². The molecule has 0 aliphatic rings. The Morgan fingerprint density at radius 3 is 2.16 bits per heavy atom. The molecule has 0 aliphatic carbocycles. The fraction of sp³-hybridized carbons (Fsp3) is 0.294. The maximum absolute atomic E-state index is 6.26. The second-order valence-corrected chi connectivity index (χ2v) is 5.61. The highest BCUT2D eigenvalue weighted by Crippen LogP contribution is 2.31. The first-order valence-corrected chi connectivity index (χ1v) is 7.50. The number of hydrogen-bond acceptors (Lipinski definition) is 0. The van der Waals surface area contributed by atoms with Crippen molar-refractivity contribution < 1.29 is 0 Å². The summed E-state index contributed by atoms with van der Waals surface area (Å²) in [7, 11) is 0. The highest BCUT2D eigenvalue weighted by molar-refractivity contribution is 6.22. The van der Waals surface area contributed by atoms with Gasteiger partial charge in [-0.1, -0.05) is 60.2 Å². The number of alkyl halides is 2. The van der Waals surface area contributed by atoms with Crippen LogP contribution in [0, 0.1) is 6.92 Å². The first kappa shape index (κ1) is 14.4. The van der Waals surface area contributed by atoms with E-state index in [0.29, 0.717) is 11.8 Å². The molecule has 0 heterocycles. The standard InChI is InChI=1S/C17H18Cl2/c1-14-6-5-7-15(10-14)11-17(12-18,13-19)16-8-3-2-4-9-16/h2-10H,11-13H2,1H3. The number of aryl methyl sites for hydroxylation is 1. The van der Waals surface area contributed by atoms with Crippen LogP contribution in [-0.4, -0.2) is 11.8 Å². The molecule has 2 heteroatoms. The Morgan fingerprint density at radius 1 is 0.895 bits per heavy atom. The Labute approximate surface area is 125 Å². The van der Waals surface area contributed by atoms with Gasteiger partial charge >= 0.3 is 0 Å². The molecule has 2 rings (SSSR count). The van der Waals surface area contributed by atoms with E-state index in [2.05, 4.69) is 43.3 Å². The molecule has 0 amide bonds. The lowest BCUT2D eigenvalue weighted by Gasteiger charge is -2.30. The van der Waals surface area contributed by atoms with Crippen LogP contribution in [0.1, 0.15) is 16.7 Å². The molecule has 0 saturated heterocycles. The van der Waals surface area contributed by atoms with Crippen molar-refractivity contribution >= 4 is 23.2 Å². The van der Waals surface area contributed by atoms with Crippen molar-refractivity contribution in [1.29, 1.82) is 0 Å². The van der Waals surface area contributed by atoms with E-state index in [9.17, 15) is 0 Å². The minimum atomic E-state index is -0.196. The summed E-state index contributed by atoms with van der Waals surface area (Å²) in [5, 5.41) is 0. The SMILES string of the molecule is Cc1cccc(CC(CCl)(CCl)c2ccccc2)c1. The zero-order valence-corrected chi connectivity index (χ0v) is 12.6. The van der Waals surface area contributed by atoms with Crippen molar-refractivity contribution in [1.82, 2.24) is 0 Å². The maximum Gasteiger partial charge on any atom is 0.0335 e. The lowest BCUT2D eigenvalue weighted by molar-refractivity contribution is 0.536. The van der Waals surface area contributed by atoms with Crippen LogP contribution >= 0.6 is 23.2 Å². The molecule has 0 spiro atoms. The molecule has 0 nitrogen and oxygen atoms in total. The predicted octanol–water partition coefficient (Wildman–Crippen LogP) is 4.95. The van der Waals surface area contributed by atoms with E-state index in [-0.39, 0.29) is 5.41 Å². The van der Waals surface area contributed by atoms with E-state index >= 15 is 0 Å². The summed E-state index contributed by atoms with van der Waals surface area (Å²) in [4.78, 5) is 0. The first-order valence-electron chi connectivity index (χ1n) is 6.43. The molecular weight excluding hydrogens is 275 g/mol. The third kappa shape index (κ3) is 3.32. The van der Waals surface area contributed by atoms with Gasteiger partial charge in [0.25, 0.3) is 0 Å². The molecule has 0 saturated carbocycles.